The molecule has 0 aromatic carbocycles. The summed E-state index contributed by atoms with van der Waals surface area (Å²) in [7, 11) is 0. The molecule has 98 valence electrons. The van der Waals surface area contributed by atoms with Crippen molar-refractivity contribution in [2.45, 2.75) is 12.8 Å². The number of carboxylic acid groups (broad SMARTS) is 1. The van der Waals surface area contributed by atoms with E-state index in [1.54, 1.807) is 11.6 Å². The molecule has 19 heavy (non-hydrogen) atoms. The number of aromatic nitrogens is 1. The van der Waals surface area contributed by atoms with Crippen molar-refractivity contribution in [3.8, 4) is 0 Å². The predicted molar refractivity (Wildman–Crippen MR) is 72.5 cm³/mol. The van der Waals surface area contributed by atoms with Gasteiger partial charge in [0.25, 0.3) is 0 Å². The van der Waals surface area contributed by atoms with Crippen molar-refractivity contribution in [3.05, 3.63) is 47.1 Å². The van der Waals surface area contributed by atoms with E-state index in [1.807, 2.05) is 18.2 Å². The zero-order chi connectivity index (χ0) is 13.7. The fourth-order valence-electron chi connectivity index (χ4n) is 1.55. The summed E-state index contributed by atoms with van der Waals surface area (Å²) in [4.78, 5) is 26.7. The van der Waals surface area contributed by atoms with Crippen molar-refractivity contribution < 1.29 is 14.7 Å². The zero-order valence-electron chi connectivity index (χ0n) is 10.00. The van der Waals surface area contributed by atoms with E-state index in [0.717, 1.165) is 5.69 Å². The molecule has 0 radical (unpaired) electrons. The van der Waals surface area contributed by atoms with Crippen LogP contribution in [0, 0.1) is 0 Å². The molecule has 0 aliphatic carbocycles. The highest BCUT2D eigenvalue weighted by Crippen LogP contribution is 2.23. The number of aryl methyl sites for hydroxylation is 1. The van der Waals surface area contributed by atoms with Gasteiger partial charge in [-0.1, -0.05) is 6.07 Å². The van der Waals surface area contributed by atoms with Crippen molar-refractivity contribution >= 4 is 28.2 Å². The molecule has 0 saturated carbocycles. The Hall–Kier alpha value is -2.21. The maximum absolute atomic E-state index is 11.7. The molecule has 0 saturated heterocycles. The number of hydrogen-bond acceptors (Lipinski definition) is 4. The predicted octanol–water partition coefficient (Wildman–Crippen LogP) is 2.41. The van der Waals surface area contributed by atoms with E-state index < -0.39 is 5.97 Å². The Labute approximate surface area is 113 Å². The van der Waals surface area contributed by atoms with Crippen LogP contribution in [0.1, 0.15) is 22.5 Å². The first kappa shape index (κ1) is 13.2. The van der Waals surface area contributed by atoms with E-state index in [9.17, 15) is 9.59 Å². The number of nitrogens with one attached hydrogen (secondary N) is 1. The Morgan fingerprint density at radius 2 is 2.16 bits per heavy atom. The lowest BCUT2D eigenvalue weighted by Gasteiger charge is -2.04. The van der Waals surface area contributed by atoms with Gasteiger partial charge in [0.1, 0.15) is 5.00 Å². The van der Waals surface area contributed by atoms with Crippen LogP contribution in [-0.2, 0) is 11.2 Å². The molecular weight excluding hydrogens is 264 g/mol. The van der Waals surface area contributed by atoms with Gasteiger partial charge >= 0.3 is 5.97 Å². The van der Waals surface area contributed by atoms with Crippen LogP contribution in [0.25, 0.3) is 0 Å². The maximum Gasteiger partial charge on any atom is 0.338 e. The quantitative estimate of drug-likeness (QED) is 0.879. The second-order valence-electron chi connectivity index (χ2n) is 3.84. The van der Waals surface area contributed by atoms with Gasteiger partial charge in [0.2, 0.25) is 5.91 Å². The average molecular weight is 276 g/mol. The molecule has 2 heterocycles. The minimum Gasteiger partial charge on any atom is -0.478 e. The third-order valence-electron chi connectivity index (χ3n) is 2.48. The monoisotopic (exact) mass is 276 g/mol. The normalized spacial score (nSPS) is 10.1. The number of carbonyl (C=O) groups excluding carboxylic acids is 1. The highest BCUT2D eigenvalue weighted by atomic mass is 32.1. The van der Waals surface area contributed by atoms with Crippen LogP contribution in [0.4, 0.5) is 5.00 Å². The average Bonchev–Trinajstić information content (AvgIpc) is 2.86. The van der Waals surface area contributed by atoms with Gasteiger partial charge in [-0.15, -0.1) is 11.3 Å². The molecule has 6 heteroatoms. The lowest BCUT2D eigenvalue weighted by molar-refractivity contribution is -0.116. The van der Waals surface area contributed by atoms with Gasteiger partial charge in [-0.3, -0.25) is 9.78 Å². The van der Waals surface area contributed by atoms with E-state index in [2.05, 4.69) is 10.3 Å². The second kappa shape index (κ2) is 6.10. The Balaban J connectivity index is 1.91. The fourth-order valence-corrected chi connectivity index (χ4v) is 2.35. The van der Waals surface area contributed by atoms with Crippen molar-refractivity contribution in [1.29, 1.82) is 0 Å². The van der Waals surface area contributed by atoms with Gasteiger partial charge < -0.3 is 10.4 Å². The number of pyridine rings is 1. The van der Waals surface area contributed by atoms with Gasteiger partial charge in [-0.2, -0.15) is 0 Å². The number of carboxylic acids is 1. The van der Waals surface area contributed by atoms with Crippen LogP contribution >= 0.6 is 11.3 Å². The molecule has 0 aliphatic rings. The fraction of sp³-hybridized carbons (Fsp3) is 0.154. The van der Waals surface area contributed by atoms with Crippen molar-refractivity contribution in [3.63, 3.8) is 0 Å². The zero-order valence-corrected chi connectivity index (χ0v) is 10.8. The van der Waals surface area contributed by atoms with Crippen LogP contribution in [0.5, 0.6) is 0 Å². The largest absolute Gasteiger partial charge is 0.478 e. The van der Waals surface area contributed by atoms with Gasteiger partial charge in [0.05, 0.1) is 5.56 Å². The number of thiophene rings is 1. The molecule has 2 aromatic rings. The third-order valence-corrected chi connectivity index (χ3v) is 3.31. The number of amides is 1. The lowest BCUT2D eigenvalue weighted by Crippen LogP contribution is -2.13. The molecule has 0 bridgehead atoms. The molecule has 2 aromatic heterocycles. The number of aromatic carboxylic acids is 1. The van der Waals surface area contributed by atoms with Crippen molar-refractivity contribution in [2.75, 3.05) is 5.32 Å². The summed E-state index contributed by atoms with van der Waals surface area (Å²) in [5.41, 5.74) is 0.957. The van der Waals surface area contributed by atoms with Gasteiger partial charge in [-0.05, 0) is 30.0 Å². The van der Waals surface area contributed by atoms with Crippen molar-refractivity contribution in [2.24, 2.45) is 0 Å². The smallest absolute Gasteiger partial charge is 0.338 e. The third kappa shape index (κ3) is 3.62. The highest BCUT2D eigenvalue weighted by Gasteiger charge is 2.13. The molecule has 2 rings (SSSR count). The van der Waals surface area contributed by atoms with Crippen LogP contribution in [0.15, 0.2) is 35.8 Å². The number of anilines is 1. The Kier molecular flexibility index (Phi) is 4.25. The first-order chi connectivity index (χ1) is 9.16. The molecule has 2 N–H and O–H groups in total. The highest BCUT2D eigenvalue weighted by molar-refractivity contribution is 7.14. The minimum absolute atomic E-state index is 0.121. The van der Waals surface area contributed by atoms with Gasteiger partial charge in [-0.25, -0.2) is 4.79 Å². The molecule has 0 spiro atoms. The number of rotatable bonds is 5. The van der Waals surface area contributed by atoms with E-state index in [0.29, 0.717) is 11.4 Å². The van der Waals surface area contributed by atoms with Crippen molar-refractivity contribution in [1.82, 2.24) is 4.98 Å². The second-order valence-corrected chi connectivity index (χ2v) is 4.75. The Morgan fingerprint density at radius 3 is 2.84 bits per heavy atom. The standard InChI is InChI=1S/C13H12N2O3S/c16-11(5-4-9-3-1-2-7-14-9)15-12-10(13(17)18)6-8-19-12/h1-3,6-8H,4-5H2,(H,15,16)(H,17,18). The number of hydrogen-bond donors (Lipinski definition) is 2. The summed E-state index contributed by atoms with van der Waals surface area (Å²) in [6.07, 6.45) is 2.48. The van der Waals surface area contributed by atoms with E-state index in [4.69, 9.17) is 5.11 Å². The first-order valence-corrected chi connectivity index (χ1v) is 6.55. The summed E-state index contributed by atoms with van der Waals surface area (Å²) >= 11 is 1.20. The van der Waals surface area contributed by atoms with E-state index in [-0.39, 0.29) is 17.9 Å². The molecular formula is C13H12N2O3S. The molecule has 0 fully saturated rings. The minimum atomic E-state index is -1.04. The van der Waals surface area contributed by atoms with E-state index in [1.165, 1.54) is 17.4 Å². The van der Waals surface area contributed by atoms with E-state index >= 15 is 0 Å². The molecule has 0 aliphatic heterocycles. The lowest BCUT2D eigenvalue weighted by atomic mass is 10.2. The number of nitrogens with zero attached hydrogens (tertiary/aromatic N) is 1. The molecule has 0 unspecified atom stereocenters. The molecule has 5 nitrogen and oxygen atoms in total. The summed E-state index contributed by atoms with van der Waals surface area (Å²) in [5.74, 6) is -1.25. The van der Waals surface area contributed by atoms with Crippen LogP contribution in [-0.4, -0.2) is 22.0 Å². The first-order valence-electron chi connectivity index (χ1n) is 5.67. The summed E-state index contributed by atoms with van der Waals surface area (Å²) in [6, 6.07) is 7.00. The van der Waals surface area contributed by atoms with Crippen LogP contribution < -0.4 is 5.32 Å². The molecule has 0 atom stereocenters. The van der Waals surface area contributed by atoms with Gasteiger partial charge in [0, 0.05) is 18.3 Å². The molecule has 1 amide bonds. The SMILES string of the molecule is O=C(CCc1ccccn1)Nc1sccc1C(=O)O. The Morgan fingerprint density at radius 1 is 1.32 bits per heavy atom. The van der Waals surface area contributed by atoms with Crippen LogP contribution in [0.2, 0.25) is 0 Å². The summed E-state index contributed by atoms with van der Waals surface area (Å²) in [6.45, 7) is 0. The summed E-state index contributed by atoms with van der Waals surface area (Å²) < 4.78 is 0. The maximum atomic E-state index is 11.7. The topological polar surface area (TPSA) is 79.3 Å². The Bertz CT molecular complexity index is 581. The number of carbonyl (C=O) groups is 2. The van der Waals surface area contributed by atoms with Gasteiger partial charge in [0.15, 0.2) is 0 Å². The van der Waals surface area contributed by atoms with Crippen LogP contribution in [0.3, 0.4) is 0 Å². The summed E-state index contributed by atoms with van der Waals surface area (Å²) in [5, 5.41) is 13.5.